The smallest absolute Gasteiger partial charge is 0.233 e. The zero-order chi connectivity index (χ0) is 16.8. The van der Waals surface area contributed by atoms with Gasteiger partial charge in [-0.05, 0) is 12.8 Å². The van der Waals surface area contributed by atoms with Gasteiger partial charge < -0.3 is 11.1 Å². The number of hydrogen-bond acceptors (Lipinski definition) is 5. The van der Waals surface area contributed by atoms with Crippen LogP contribution in [0.1, 0.15) is 33.6 Å². The predicted octanol–water partition coefficient (Wildman–Crippen LogP) is 1.44. The lowest BCUT2D eigenvalue weighted by Crippen LogP contribution is -2.41. The number of carbonyl (C=O) groups excluding carboxylic acids is 1. The van der Waals surface area contributed by atoms with E-state index in [-0.39, 0.29) is 42.9 Å². The number of amides is 1. The third kappa shape index (κ3) is 5.78. The number of carbonyl (C=O) groups is 1. The zero-order valence-corrected chi connectivity index (χ0v) is 15.5. The lowest BCUT2D eigenvalue weighted by atomic mass is 9.81. The van der Waals surface area contributed by atoms with E-state index in [1.165, 1.54) is 4.68 Å². The van der Waals surface area contributed by atoms with Crippen LogP contribution in [0.5, 0.6) is 0 Å². The average molecular weight is 367 g/mol. The number of rotatable bonds is 9. The van der Waals surface area contributed by atoms with Crippen LogP contribution in [0.2, 0.25) is 0 Å². The van der Waals surface area contributed by atoms with Crippen molar-refractivity contribution in [2.75, 3.05) is 23.4 Å². The van der Waals surface area contributed by atoms with Gasteiger partial charge in [-0.3, -0.25) is 9.48 Å². The van der Waals surface area contributed by atoms with E-state index >= 15 is 0 Å². The molecule has 3 N–H and O–H groups in total. The Morgan fingerprint density at radius 2 is 1.96 bits per heavy atom. The molecule has 1 amide bonds. The van der Waals surface area contributed by atoms with Crippen LogP contribution in [0.25, 0.3) is 0 Å². The minimum Gasteiger partial charge on any atom is -0.329 e. The standard InChI is InChI=1S/C14H26N4O3S.ClH/c1-4-14(5-2,11-15)13(19)16-12-7-8-18(17-12)9-10-22(20,21)6-3;/h7-8H,4-6,9-11,15H2,1-3H3,(H,16,17,19);1H. The molecule has 0 spiro atoms. The van der Waals surface area contributed by atoms with Crippen LogP contribution in [0, 0.1) is 5.41 Å². The minimum atomic E-state index is -3.03. The fourth-order valence-corrected chi connectivity index (χ4v) is 2.89. The van der Waals surface area contributed by atoms with Crippen molar-refractivity contribution < 1.29 is 13.2 Å². The molecule has 0 aliphatic rings. The van der Waals surface area contributed by atoms with Crippen molar-refractivity contribution in [2.24, 2.45) is 11.1 Å². The summed E-state index contributed by atoms with van der Waals surface area (Å²) in [6.45, 7) is 6.04. The van der Waals surface area contributed by atoms with E-state index in [0.717, 1.165) is 0 Å². The van der Waals surface area contributed by atoms with E-state index in [9.17, 15) is 13.2 Å². The van der Waals surface area contributed by atoms with E-state index in [1.54, 1.807) is 19.2 Å². The molecule has 0 aromatic carbocycles. The van der Waals surface area contributed by atoms with Crippen LogP contribution in [0.3, 0.4) is 0 Å². The number of anilines is 1. The SMILES string of the molecule is CCC(CC)(CN)C(=O)Nc1ccn(CCS(=O)(=O)CC)n1.Cl. The topological polar surface area (TPSA) is 107 Å². The number of halogens is 1. The number of aryl methyl sites for hydroxylation is 1. The Kier molecular flexibility index (Phi) is 8.79. The van der Waals surface area contributed by atoms with Gasteiger partial charge in [-0.1, -0.05) is 20.8 Å². The van der Waals surface area contributed by atoms with Gasteiger partial charge in [0.25, 0.3) is 0 Å². The van der Waals surface area contributed by atoms with E-state index in [1.807, 2.05) is 13.8 Å². The number of sulfone groups is 1. The molecule has 9 heteroatoms. The second-order valence-electron chi connectivity index (χ2n) is 5.35. The summed E-state index contributed by atoms with van der Waals surface area (Å²) in [5.41, 5.74) is 5.16. The summed E-state index contributed by atoms with van der Waals surface area (Å²) < 4.78 is 24.5. The molecule has 1 aromatic rings. The second kappa shape index (κ2) is 9.24. The molecule has 1 aromatic heterocycles. The van der Waals surface area contributed by atoms with Gasteiger partial charge in [0.15, 0.2) is 15.7 Å². The number of nitrogens with two attached hydrogens (primary N) is 1. The maximum atomic E-state index is 12.4. The number of nitrogens with one attached hydrogen (secondary N) is 1. The van der Waals surface area contributed by atoms with Crippen LogP contribution in [-0.2, 0) is 21.2 Å². The first-order chi connectivity index (χ1) is 10.3. The van der Waals surface area contributed by atoms with Gasteiger partial charge in [0.2, 0.25) is 5.91 Å². The van der Waals surface area contributed by atoms with E-state index in [0.29, 0.717) is 18.7 Å². The molecule has 134 valence electrons. The lowest BCUT2D eigenvalue weighted by Gasteiger charge is -2.27. The molecule has 1 rings (SSSR count). The third-order valence-corrected chi connectivity index (χ3v) is 5.86. The molecular formula is C14H27ClN4O3S. The average Bonchev–Trinajstić information content (AvgIpc) is 2.95. The second-order valence-corrected chi connectivity index (χ2v) is 7.82. The highest BCUT2D eigenvalue weighted by molar-refractivity contribution is 7.91. The molecule has 0 atom stereocenters. The summed E-state index contributed by atoms with van der Waals surface area (Å²) in [5.74, 6) is 0.420. The van der Waals surface area contributed by atoms with Crippen LogP contribution < -0.4 is 11.1 Å². The highest BCUT2D eigenvalue weighted by Crippen LogP contribution is 2.26. The highest BCUT2D eigenvalue weighted by atomic mass is 35.5. The van der Waals surface area contributed by atoms with Crippen LogP contribution in [0.15, 0.2) is 12.3 Å². The molecule has 0 aliphatic heterocycles. The summed E-state index contributed by atoms with van der Waals surface area (Å²) >= 11 is 0. The molecule has 1 heterocycles. The highest BCUT2D eigenvalue weighted by Gasteiger charge is 2.33. The van der Waals surface area contributed by atoms with Crippen molar-refractivity contribution in [3.8, 4) is 0 Å². The van der Waals surface area contributed by atoms with Gasteiger partial charge in [-0.25, -0.2) is 8.42 Å². The van der Waals surface area contributed by atoms with Crippen molar-refractivity contribution in [2.45, 2.75) is 40.2 Å². The molecule has 0 saturated heterocycles. The van der Waals surface area contributed by atoms with Crippen molar-refractivity contribution in [1.29, 1.82) is 0 Å². The maximum Gasteiger partial charge on any atom is 0.233 e. The van der Waals surface area contributed by atoms with Gasteiger partial charge >= 0.3 is 0 Å². The molecule has 0 bridgehead atoms. The van der Waals surface area contributed by atoms with Gasteiger partial charge in [-0.2, -0.15) is 5.10 Å². The van der Waals surface area contributed by atoms with Crippen LogP contribution >= 0.6 is 12.4 Å². The summed E-state index contributed by atoms with van der Waals surface area (Å²) in [5, 5.41) is 6.95. The first-order valence-corrected chi connectivity index (χ1v) is 9.40. The molecule has 0 fully saturated rings. The summed E-state index contributed by atoms with van der Waals surface area (Å²) in [4.78, 5) is 12.4. The predicted molar refractivity (Wildman–Crippen MR) is 94.5 cm³/mol. The van der Waals surface area contributed by atoms with Crippen molar-refractivity contribution in [3.63, 3.8) is 0 Å². The summed E-state index contributed by atoms with van der Waals surface area (Å²) in [6.07, 6.45) is 2.96. The largest absolute Gasteiger partial charge is 0.329 e. The van der Waals surface area contributed by atoms with E-state index < -0.39 is 15.3 Å². The molecule has 0 radical (unpaired) electrons. The fraction of sp³-hybridized carbons (Fsp3) is 0.714. The Labute approximate surface area is 144 Å². The Morgan fingerprint density at radius 3 is 2.43 bits per heavy atom. The van der Waals surface area contributed by atoms with Gasteiger partial charge in [0.05, 0.1) is 17.7 Å². The maximum absolute atomic E-state index is 12.4. The third-order valence-electron chi connectivity index (χ3n) is 4.18. The van der Waals surface area contributed by atoms with Crippen molar-refractivity contribution >= 4 is 34.0 Å². The Morgan fingerprint density at radius 1 is 1.35 bits per heavy atom. The van der Waals surface area contributed by atoms with Crippen molar-refractivity contribution in [3.05, 3.63) is 12.3 Å². The Bertz CT molecular complexity index is 589. The van der Waals surface area contributed by atoms with Crippen LogP contribution in [0.4, 0.5) is 5.82 Å². The van der Waals surface area contributed by atoms with Gasteiger partial charge in [0.1, 0.15) is 0 Å². The Balaban J connectivity index is 0.00000484. The quantitative estimate of drug-likeness (QED) is 0.687. The molecule has 0 aliphatic carbocycles. The van der Waals surface area contributed by atoms with Gasteiger partial charge in [0, 0.05) is 24.6 Å². The fourth-order valence-electron chi connectivity index (χ4n) is 2.13. The van der Waals surface area contributed by atoms with E-state index in [4.69, 9.17) is 5.73 Å². The van der Waals surface area contributed by atoms with Gasteiger partial charge in [-0.15, -0.1) is 12.4 Å². The molecular weight excluding hydrogens is 340 g/mol. The molecule has 7 nitrogen and oxygen atoms in total. The van der Waals surface area contributed by atoms with Crippen molar-refractivity contribution in [1.82, 2.24) is 9.78 Å². The molecule has 23 heavy (non-hydrogen) atoms. The lowest BCUT2D eigenvalue weighted by molar-refractivity contribution is -0.125. The first-order valence-electron chi connectivity index (χ1n) is 7.58. The number of nitrogens with zero attached hydrogens (tertiary/aromatic N) is 2. The first kappa shape index (κ1) is 21.9. The number of hydrogen-bond donors (Lipinski definition) is 2. The summed E-state index contributed by atoms with van der Waals surface area (Å²) in [6, 6.07) is 1.66. The summed E-state index contributed by atoms with van der Waals surface area (Å²) in [7, 11) is -3.03. The number of aromatic nitrogens is 2. The minimum absolute atomic E-state index is 0. The molecule has 0 unspecified atom stereocenters. The molecule has 0 saturated carbocycles. The Hall–Kier alpha value is -1.12. The van der Waals surface area contributed by atoms with E-state index in [2.05, 4.69) is 10.4 Å². The zero-order valence-electron chi connectivity index (χ0n) is 13.9. The van der Waals surface area contributed by atoms with Crippen LogP contribution in [-0.4, -0.2) is 42.2 Å². The normalized spacial score (nSPS) is 11.8. The monoisotopic (exact) mass is 366 g/mol.